The SMILES string of the molecule is O=C(CC1CCCCC1)C(C(=O)CC1CCCCC1)S(=O)(=O)O. The van der Waals surface area contributed by atoms with E-state index in [1.807, 2.05) is 0 Å². The third-order valence-electron chi connectivity index (χ3n) is 5.31. The van der Waals surface area contributed by atoms with E-state index in [1.165, 1.54) is 0 Å². The highest BCUT2D eigenvalue weighted by atomic mass is 32.2. The lowest BCUT2D eigenvalue weighted by molar-refractivity contribution is -0.127. The first-order valence-electron chi connectivity index (χ1n) is 8.89. The van der Waals surface area contributed by atoms with Gasteiger partial charge < -0.3 is 0 Å². The van der Waals surface area contributed by atoms with E-state index in [9.17, 15) is 22.6 Å². The highest BCUT2D eigenvalue weighted by molar-refractivity contribution is 7.88. The van der Waals surface area contributed by atoms with Crippen LogP contribution in [0.5, 0.6) is 0 Å². The molecule has 0 unspecified atom stereocenters. The Morgan fingerprint density at radius 2 is 1.13 bits per heavy atom. The molecule has 0 amide bonds. The Bertz CT molecular complexity index is 481. The third-order valence-corrected chi connectivity index (χ3v) is 6.43. The second-order valence-corrected chi connectivity index (χ2v) is 8.75. The molecule has 0 saturated heterocycles. The molecule has 0 spiro atoms. The largest absolute Gasteiger partial charge is 0.298 e. The second-order valence-electron chi connectivity index (χ2n) is 7.24. The summed E-state index contributed by atoms with van der Waals surface area (Å²) in [6.07, 6.45) is 10.3. The zero-order valence-electron chi connectivity index (χ0n) is 13.7. The molecule has 2 rings (SSSR count). The molecule has 1 N–H and O–H groups in total. The van der Waals surface area contributed by atoms with Crippen molar-refractivity contribution in [2.24, 2.45) is 11.8 Å². The van der Waals surface area contributed by atoms with Crippen molar-refractivity contribution in [1.29, 1.82) is 0 Å². The van der Waals surface area contributed by atoms with Crippen molar-refractivity contribution in [3.63, 3.8) is 0 Å². The van der Waals surface area contributed by atoms with Gasteiger partial charge in [-0.15, -0.1) is 0 Å². The Morgan fingerprint density at radius 1 is 0.783 bits per heavy atom. The van der Waals surface area contributed by atoms with Gasteiger partial charge in [0.1, 0.15) is 0 Å². The van der Waals surface area contributed by atoms with Gasteiger partial charge in [0, 0.05) is 12.8 Å². The van der Waals surface area contributed by atoms with E-state index < -0.39 is 26.9 Å². The van der Waals surface area contributed by atoms with Crippen LogP contribution in [-0.4, -0.2) is 29.8 Å². The van der Waals surface area contributed by atoms with Crippen LogP contribution in [0.4, 0.5) is 0 Å². The standard InChI is InChI=1S/C17H28O5S/c18-15(11-13-7-3-1-4-8-13)17(23(20,21)22)16(19)12-14-9-5-2-6-10-14/h13-14,17H,1-12H2,(H,20,21,22). The van der Waals surface area contributed by atoms with Gasteiger partial charge in [0.2, 0.25) is 5.25 Å². The minimum absolute atomic E-state index is 0.0981. The highest BCUT2D eigenvalue weighted by Gasteiger charge is 2.39. The molecular weight excluding hydrogens is 316 g/mol. The Morgan fingerprint density at radius 3 is 1.43 bits per heavy atom. The van der Waals surface area contributed by atoms with Gasteiger partial charge in [-0.3, -0.25) is 14.1 Å². The number of hydrogen-bond acceptors (Lipinski definition) is 4. The van der Waals surface area contributed by atoms with Crippen LogP contribution in [0.25, 0.3) is 0 Å². The number of Topliss-reactive ketones (excluding diaryl/α,β-unsaturated/α-hetero) is 2. The lowest BCUT2D eigenvalue weighted by Crippen LogP contribution is -2.39. The van der Waals surface area contributed by atoms with Gasteiger partial charge in [-0.2, -0.15) is 8.42 Å². The Hall–Kier alpha value is -0.750. The van der Waals surface area contributed by atoms with Gasteiger partial charge in [0.05, 0.1) is 0 Å². The van der Waals surface area contributed by atoms with Crippen LogP contribution in [0.3, 0.4) is 0 Å². The van der Waals surface area contributed by atoms with E-state index >= 15 is 0 Å². The monoisotopic (exact) mass is 344 g/mol. The van der Waals surface area contributed by atoms with Crippen LogP contribution in [0.15, 0.2) is 0 Å². The molecule has 6 heteroatoms. The summed E-state index contributed by atoms with van der Waals surface area (Å²) in [6.45, 7) is 0. The summed E-state index contributed by atoms with van der Waals surface area (Å²) in [5.41, 5.74) is 0. The molecule has 5 nitrogen and oxygen atoms in total. The van der Waals surface area contributed by atoms with Crippen LogP contribution in [0, 0.1) is 11.8 Å². The van der Waals surface area contributed by atoms with Crippen LogP contribution in [-0.2, 0) is 19.7 Å². The maximum Gasteiger partial charge on any atom is 0.282 e. The summed E-state index contributed by atoms with van der Waals surface area (Å²) in [6, 6.07) is 0. The Labute approximate surface area is 139 Å². The molecule has 0 aliphatic heterocycles. The van der Waals surface area contributed by atoms with Gasteiger partial charge in [0.25, 0.3) is 10.1 Å². The third kappa shape index (κ3) is 5.68. The van der Waals surface area contributed by atoms with Crippen molar-refractivity contribution < 1.29 is 22.6 Å². The fraction of sp³-hybridized carbons (Fsp3) is 0.882. The first-order chi connectivity index (χ1) is 10.9. The fourth-order valence-corrected chi connectivity index (χ4v) is 4.93. The van der Waals surface area contributed by atoms with Gasteiger partial charge in [-0.05, 0) is 11.8 Å². The fourth-order valence-electron chi connectivity index (χ4n) is 4.08. The topological polar surface area (TPSA) is 88.5 Å². The molecule has 2 aliphatic rings. The second kappa shape index (κ2) is 8.38. The molecule has 0 aromatic rings. The number of carbonyl (C=O) groups excluding carboxylic acids is 2. The van der Waals surface area contributed by atoms with Crippen molar-refractivity contribution in [1.82, 2.24) is 0 Å². The molecule has 0 bridgehead atoms. The average molecular weight is 344 g/mol. The van der Waals surface area contributed by atoms with Crippen molar-refractivity contribution >= 4 is 21.7 Å². The van der Waals surface area contributed by atoms with E-state index in [-0.39, 0.29) is 24.7 Å². The van der Waals surface area contributed by atoms with Gasteiger partial charge in [-0.25, -0.2) is 0 Å². The molecule has 132 valence electrons. The van der Waals surface area contributed by atoms with Crippen LogP contribution in [0.1, 0.15) is 77.0 Å². The highest BCUT2D eigenvalue weighted by Crippen LogP contribution is 2.30. The smallest absolute Gasteiger partial charge is 0.282 e. The van der Waals surface area contributed by atoms with Gasteiger partial charge in [-0.1, -0.05) is 64.2 Å². The zero-order chi connectivity index (χ0) is 16.9. The van der Waals surface area contributed by atoms with Crippen molar-refractivity contribution in [3.05, 3.63) is 0 Å². The molecule has 0 heterocycles. The molecule has 0 atom stereocenters. The van der Waals surface area contributed by atoms with Crippen molar-refractivity contribution in [2.45, 2.75) is 82.3 Å². The molecule has 23 heavy (non-hydrogen) atoms. The van der Waals surface area contributed by atoms with E-state index in [1.54, 1.807) is 0 Å². The molecule has 0 aromatic carbocycles. The molecule has 2 saturated carbocycles. The van der Waals surface area contributed by atoms with Gasteiger partial charge >= 0.3 is 0 Å². The summed E-state index contributed by atoms with van der Waals surface area (Å²) >= 11 is 0. The quantitative estimate of drug-likeness (QED) is 0.565. The number of rotatable bonds is 7. The summed E-state index contributed by atoms with van der Waals surface area (Å²) in [5, 5.41) is -1.86. The van der Waals surface area contributed by atoms with Crippen molar-refractivity contribution in [3.8, 4) is 0 Å². The van der Waals surface area contributed by atoms with E-state index in [2.05, 4.69) is 0 Å². The Kier molecular flexibility index (Phi) is 6.77. The lowest BCUT2D eigenvalue weighted by Gasteiger charge is -2.24. The number of carbonyl (C=O) groups is 2. The normalized spacial score (nSPS) is 21.5. The predicted molar refractivity (Wildman–Crippen MR) is 87.7 cm³/mol. The van der Waals surface area contributed by atoms with Crippen LogP contribution >= 0.6 is 0 Å². The first-order valence-corrected chi connectivity index (χ1v) is 10.4. The number of ketones is 2. The summed E-state index contributed by atoms with van der Waals surface area (Å²) in [7, 11) is -4.66. The van der Waals surface area contributed by atoms with E-state index in [0.717, 1.165) is 64.2 Å². The van der Waals surface area contributed by atoms with E-state index in [0.29, 0.717) is 0 Å². The van der Waals surface area contributed by atoms with E-state index in [4.69, 9.17) is 0 Å². The average Bonchev–Trinajstić information content (AvgIpc) is 2.47. The Balaban J connectivity index is 2.00. The zero-order valence-corrected chi connectivity index (χ0v) is 14.5. The molecule has 2 fully saturated rings. The summed E-state index contributed by atoms with van der Waals surface area (Å²) in [4.78, 5) is 24.8. The maximum atomic E-state index is 12.4. The molecule has 2 aliphatic carbocycles. The van der Waals surface area contributed by atoms with Crippen molar-refractivity contribution in [2.75, 3.05) is 0 Å². The first kappa shape index (κ1) is 18.6. The van der Waals surface area contributed by atoms with Crippen LogP contribution < -0.4 is 0 Å². The van der Waals surface area contributed by atoms with Gasteiger partial charge in [0.15, 0.2) is 11.6 Å². The molecular formula is C17H28O5S. The molecule has 0 radical (unpaired) electrons. The van der Waals surface area contributed by atoms with Crippen LogP contribution in [0.2, 0.25) is 0 Å². The summed E-state index contributed by atoms with van der Waals surface area (Å²) < 4.78 is 32.6. The number of hydrogen-bond donors (Lipinski definition) is 1. The molecule has 0 aromatic heterocycles. The lowest BCUT2D eigenvalue weighted by atomic mass is 9.83. The minimum Gasteiger partial charge on any atom is -0.298 e. The predicted octanol–water partition coefficient (Wildman–Crippen LogP) is 3.32. The minimum atomic E-state index is -4.66. The summed E-state index contributed by atoms with van der Waals surface area (Å²) in [5.74, 6) is -0.911. The maximum absolute atomic E-state index is 12.4.